The summed E-state index contributed by atoms with van der Waals surface area (Å²) in [4.78, 5) is 67.3. The number of nitrogens with zero attached hydrogens (tertiary/aromatic N) is 1. The zero-order valence-electron chi connectivity index (χ0n) is 22.3. The van der Waals surface area contributed by atoms with Crippen LogP contribution in [0.3, 0.4) is 0 Å². The summed E-state index contributed by atoms with van der Waals surface area (Å²) in [6.07, 6.45) is 3.75. The summed E-state index contributed by atoms with van der Waals surface area (Å²) in [5, 5.41) is 10.1. The SMILES string of the molecule is COc1cc(O)ccc1[C@H]1C2=CC[C@@H]3C(=O)N(c4ccc(C(C)=O)cc4)C(=O)[C@@H]3[C@@H]2CC2=C1C(=O)C(C)=CC2=O. The number of allylic oxidation sites excluding steroid dienone is 6. The number of benzene rings is 2. The molecule has 0 aromatic heterocycles. The van der Waals surface area contributed by atoms with E-state index in [2.05, 4.69) is 0 Å². The third-order valence-electron chi connectivity index (χ3n) is 8.62. The van der Waals surface area contributed by atoms with E-state index in [0.717, 1.165) is 5.57 Å². The molecule has 4 aliphatic rings. The van der Waals surface area contributed by atoms with Crippen molar-refractivity contribution in [3.63, 3.8) is 0 Å². The van der Waals surface area contributed by atoms with E-state index in [0.29, 0.717) is 45.7 Å². The van der Waals surface area contributed by atoms with Gasteiger partial charge in [-0.3, -0.25) is 28.9 Å². The number of hydrogen-bond acceptors (Lipinski definition) is 7. The molecule has 1 fully saturated rings. The van der Waals surface area contributed by atoms with Gasteiger partial charge in [0.05, 0.1) is 24.6 Å². The molecule has 1 N–H and O–H groups in total. The summed E-state index contributed by atoms with van der Waals surface area (Å²) in [5.41, 5.74) is 3.33. The van der Waals surface area contributed by atoms with Gasteiger partial charge in [0.15, 0.2) is 17.3 Å². The Morgan fingerprint density at radius 2 is 1.73 bits per heavy atom. The Hall–Kier alpha value is -4.59. The van der Waals surface area contributed by atoms with Gasteiger partial charge < -0.3 is 9.84 Å². The lowest BCUT2D eigenvalue weighted by Crippen LogP contribution is -2.40. The van der Waals surface area contributed by atoms with Crippen molar-refractivity contribution < 1.29 is 33.8 Å². The summed E-state index contributed by atoms with van der Waals surface area (Å²) in [5.74, 6) is -3.44. The van der Waals surface area contributed by atoms with Gasteiger partial charge in [0.25, 0.3) is 0 Å². The molecule has 2 aromatic rings. The van der Waals surface area contributed by atoms with E-state index in [1.165, 1.54) is 37.1 Å². The van der Waals surface area contributed by atoms with E-state index in [1.807, 2.05) is 6.08 Å². The molecule has 0 spiro atoms. The molecule has 0 unspecified atom stereocenters. The topological polar surface area (TPSA) is 118 Å². The maximum absolute atomic E-state index is 14.0. The van der Waals surface area contributed by atoms with E-state index in [1.54, 1.807) is 37.3 Å². The van der Waals surface area contributed by atoms with Crippen LogP contribution in [0.15, 0.2) is 76.9 Å². The molecule has 8 nitrogen and oxygen atoms in total. The van der Waals surface area contributed by atoms with Gasteiger partial charge in [0.2, 0.25) is 11.8 Å². The van der Waals surface area contributed by atoms with Gasteiger partial charge in [-0.1, -0.05) is 17.7 Å². The fourth-order valence-corrected chi connectivity index (χ4v) is 6.75. The molecule has 0 bridgehead atoms. The van der Waals surface area contributed by atoms with Crippen LogP contribution in [-0.4, -0.2) is 41.4 Å². The predicted octanol–water partition coefficient (Wildman–Crippen LogP) is 4.24. The first-order valence-corrected chi connectivity index (χ1v) is 13.2. The van der Waals surface area contributed by atoms with Crippen LogP contribution in [0.1, 0.15) is 48.5 Å². The zero-order valence-corrected chi connectivity index (χ0v) is 22.3. The number of fused-ring (bicyclic) bond motifs is 3. The number of anilines is 1. The number of methoxy groups -OCH3 is 1. The number of rotatable bonds is 4. The van der Waals surface area contributed by atoms with E-state index in [9.17, 15) is 29.1 Å². The molecular formula is C32H27NO7. The minimum absolute atomic E-state index is 0.00928. The van der Waals surface area contributed by atoms with Gasteiger partial charge >= 0.3 is 0 Å². The van der Waals surface area contributed by atoms with Crippen LogP contribution in [0.4, 0.5) is 5.69 Å². The van der Waals surface area contributed by atoms with Crippen LogP contribution in [0.25, 0.3) is 0 Å². The maximum atomic E-state index is 14.0. The van der Waals surface area contributed by atoms with Gasteiger partial charge in [-0.2, -0.15) is 0 Å². The number of ether oxygens (including phenoxy) is 1. The molecular weight excluding hydrogens is 510 g/mol. The fraction of sp³-hybridized carbons (Fsp3) is 0.281. The zero-order chi connectivity index (χ0) is 28.5. The molecule has 1 saturated heterocycles. The van der Waals surface area contributed by atoms with Gasteiger partial charge in [-0.05, 0) is 69.0 Å². The summed E-state index contributed by atoms with van der Waals surface area (Å²) in [6.45, 7) is 3.06. The molecule has 4 atom stereocenters. The lowest BCUT2D eigenvalue weighted by molar-refractivity contribution is -0.123. The molecule has 40 heavy (non-hydrogen) atoms. The lowest BCUT2D eigenvalue weighted by Gasteiger charge is -2.42. The molecule has 0 radical (unpaired) electrons. The molecule has 8 heteroatoms. The first-order valence-electron chi connectivity index (χ1n) is 13.2. The van der Waals surface area contributed by atoms with E-state index in [4.69, 9.17) is 4.74 Å². The second-order valence-corrected chi connectivity index (χ2v) is 10.8. The average molecular weight is 538 g/mol. The van der Waals surface area contributed by atoms with Crippen LogP contribution in [-0.2, 0) is 19.2 Å². The fourth-order valence-electron chi connectivity index (χ4n) is 6.75. The molecule has 1 aliphatic heterocycles. The average Bonchev–Trinajstić information content (AvgIpc) is 3.20. The summed E-state index contributed by atoms with van der Waals surface area (Å²) in [7, 11) is 1.46. The number of hydrogen-bond donors (Lipinski definition) is 1. The van der Waals surface area contributed by atoms with Crippen LogP contribution >= 0.6 is 0 Å². The smallest absolute Gasteiger partial charge is 0.238 e. The number of imide groups is 1. The molecule has 0 saturated carbocycles. The molecule has 2 aromatic carbocycles. The Morgan fingerprint density at radius 1 is 1.00 bits per heavy atom. The van der Waals surface area contributed by atoms with Crippen LogP contribution in [0.2, 0.25) is 0 Å². The van der Waals surface area contributed by atoms with Crippen LogP contribution in [0, 0.1) is 17.8 Å². The van der Waals surface area contributed by atoms with Crippen LogP contribution < -0.4 is 9.64 Å². The molecule has 1 heterocycles. The van der Waals surface area contributed by atoms with E-state index in [-0.39, 0.29) is 41.3 Å². The van der Waals surface area contributed by atoms with Crippen molar-refractivity contribution in [3.05, 3.63) is 88.0 Å². The monoisotopic (exact) mass is 537 g/mol. The number of phenolic OH excluding ortho intramolecular Hbond substituents is 1. The minimum Gasteiger partial charge on any atom is -0.508 e. The Balaban J connectivity index is 1.47. The molecule has 202 valence electrons. The van der Waals surface area contributed by atoms with Gasteiger partial charge in [0.1, 0.15) is 11.5 Å². The highest BCUT2D eigenvalue weighted by molar-refractivity contribution is 6.25. The predicted molar refractivity (Wildman–Crippen MR) is 145 cm³/mol. The Kier molecular flexibility index (Phi) is 5.94. The highest BCUT2D eigenvalue weighted by Crippen LogP contribution is 2.56. The van der Waals surface area contributed by atoms with Crippen LogP contribution in [0.5, 0.6) is 11.5 Å². The van der Waals surface area contributed by atoms with Crippen molar-refractivity contribution in [1.29, 1.82) is 0 Å². The first-order chi connectivity index (χ1) is 19.1. The summed E-state index contributed by atoms with van der Waals surface area (Å²) >= 11 is 0. The highest BCUT2D eigenvalue weighted by Gasteiger charge is 2.56. The molecule has 2 amide bonds. The van der Waals surface area contributed by atoms with Crippen molar-refractivity contribution in [2.45, 2.75) is 32.6 Å². The number of aromatic hydroxyl groups is 1. The lowest BCUT2D eigenvalue weighted by atomic mass is 9.59. The quantitative estimate of drug-likeness (QED) is 0.268. The molecule has 6 rings (SSSR count). The third kappa shape index (κ3) is 3.70. The number of carbonyl (C=O) groups is 5. The summed E-state index contributed by atoms with van der Waals surface area (Å²) in [6, 6.07) is 11.0. The number of carbonyl (C=O) groups excluding carboxylic acids is 5. The van der Waals surface area contributed by atoms with Gasteiger partial charge in [-0.15, -0.1) is 0 Å². The van der Waals surface area contributed by atoms with E-state index < -0.39 is 23.7 Å². The van der Waals surface area contributed by atoms with Gasteiger partial charge in [-0.25, -0.2) is 0 Å². The Bertz CT molecular complexity index is 1620. The second kappa shape index (κ2) is 9.26. The van der Waals surface area contributed by atoms with Crippen molar-refractivity contribution in [1.82, 2.24) is 0 Å². The number of amides is 2. The van der Waals surface area contributed by atoms with Gasteiger partial charge in [0, 0.05) is 39.8 Å². The highest BCUT2D eigenvalue weighted by atomic mass is 16.5. The summed E-state index contributed by atoms with van der Waals surface area (Å²) < 4.78 is 5.58. The third-order valence-corrected chi connectivity index (χ3v) is 8.62. The Morgan fingerprint density at radius 3 is 2.40 bits per heavy atom. The standard InChI is InChI=1S/C32H27NO7/c1-15-12-25(36)24-14-23-20(27(29(24)30(15)37)21-9-8-19(35)13-26(21)40-3)10-11-22-28(23)32(39)33(31(22)38)18-6-4-17(5-7-18)16(2)34/h4-10,12-13,22-23,27-28,35H,11,14H2,1-3H3/t22-,23+,27+,28-/m0/s1. The van der Waals surface area contributed by atoms with Crippen molar-refractivity contribution >= 4 is 34.9 Å². The first kappa shape index (κ1) is 25.7. The van der Waals surface area contributed by atoms with Crippen molar-refractivity contribution in [3.8, 4) is 11.5 Å². The number of phenols is 1. The minimum atomic E-state index is -0.713. The number of ketones is 3. The maximum Gasteiger partial charge on any atom is 0.238 e. The van der Waals surface area contributed by atoms with Crippen molar-refractivity contribution in [2.24, 2.45) is 17.8 Å². The number of Topliss-reactive ketones (excluding diaryl/α,β-unsaturated/α-hetero) is 2. The van der Waals surface area contributed by atoms with Crippen molar-refractivity contribution in [2.75, 3.05) is 12.0 Å². The van der Waals surface area contributed by atoms with E-state index >= 15 is 0 Å². The largest absolute Gasteiger partial charge is 0.508 e. The Labute approximate surface area is 230 Å². The normalized spacial score (nSPS) is 25.7. The molecule has 3 aliphatic carbocycles. The second-order valence-electron chi connectivity index (χ2n) is 10.8.